The minimum absolute atomic E-state index is 0. The number of hydrogen-bond acceptors (Lipinski definition) is 3. The van der Waals surface area contributed by atoms with Crippen molar-refractivity contribution in [2.45, 2.75) is 0 Å². The fourth-order valence-corrected chi connectivity index (χ4v) is 3.93. The van der Waals surface area contributed by atoms with Gasteiger partial charge in [0.15, 0.2) is 0 Å². The zero-order valence-electron chi connectivity index (χ0n) is 16.4. The van der Waals surface area contributed by atoms with Crippen molar-refractivity contribution in [3.63, 3.8) is 0 Å². The number of pyridine rings is 1. The Labute approximate surface area is 195 Å². The summed E-state index contributed by atoms with van der Waals surface area (Å²) in [6, 6.07) is 37.2. The van der Waals surface area contributed by atoms with Gasteiger partial charge in [-0.05, 0) is 34.7 Å². The van der Waals surface area contributed by atoms with Gasteiger partial charge in [-0.2, -0.15) is 24.3 Å². The minimum Gasteiger partial charge on any atom is -0.497 e. The third-order valence-electron chi connectivity index (χ3n) is 5.30. The van der Waals surface area contributed by atoms with Gasteiger partial charge in [0, 0.05) is 11.9 Å². The van der Waals surface area contributed by atoms with Crippen LogP contribution in [0.2, 0.25) is 0 Å². The molecule has 2 heterocycles. The Kier molecular flexibility index (Phi) is 5.05. The second-order valence-corrected chi connectivity index (χ2v) is 7.12. The molecule has 0 radical (unpaired) electrons. The molecule has 3 nitrogen and oxygen atoms in total. The van der Waals surface area contributed by atoms with Gasteiger partial charge in [-0.15, -0.1) is 29.8 Å². The number of benzene rings is 4. The van der Waals surface area contributed by atoms with Crippen LogP contribution in [-0.2, 0) is 21.1 Å². The summed E-state index contributed by atoms with van der Waals surface area (Å²) in [5.41, 5.74) is 4.59. The number of hydrogen-bond donors (Lipinski definition) is 0. The molecule has 0 saturated carbocycles. The first-order valence-electron chi connectivity index (χ1n) is 9.83. The Hall–Kier alpha value is -3.42. The van der Waals surface area contributed by atoms with E-state index in [1.807, 2.05) is 79.0 Å². The average Bonchev–Trinajstić information content (AvgIpc) is 2.82. The van der Waals surface area contributed by atoms with Gasteiger partial charge in [0.1, 0.15) is 5.75 Å². The van der Waals surface area contributed by atoms with E-state index in [4.69, 9.17) is 4.74 Å². The number of rotatable bonds is 2. The molecule has 0 bridgehead atoms. The molecule has 0 atom stereocenters. The fourth-order valence-electron chi connectivity index (χ4n) is 3.93. The zero-order chi connectivity index (χ0) is 19.9. The van der Waals surface area contributed by atoms with Gasteiger partial charge in [-0.1, -0.05) is 42.1 Å². The van der Waals surface area contributed by atoms with Crippen molar-refractivity contribution in [1.29, 1.82) is 0 Å². The predicted molar refractivity (Wildman–Crippen MR) is 120 cm³/mol. The van der Waals surface area contributed by atoms with E-state index >= 15 is 0 Å². The van der Waals surface area contributed by atoms with Gasteiger partial charge >= 0.3 is 21.1 Å². The van der Waals surface area contributed by atoms with Crippen LogP contribution in [0.3, 0.4) is 0 Å². The van der Waals surface area contributed by atoms with E-state index in [2.05, 4.69) is 40.2 Å². The third kappa shape index (κ3) is 3.32. The van der Waals surface area contributed by atoms with Crippen molar-refractivity contribution >= 4 is 27.8 Å². The number of para-hydroxylation sites is 3. The molecule has 0 unspecified atom stereocenters. The standard InChI is InChI=1S/C27H16N2O.Pt/c1-2-9-21(10-3-1)29-23-12-6-7-13-25(23)30-26-15-14-20(18-24(26)29)27-22-11-5-4-8-19(22)16-17-28-27;/h1-9,11-17H;/q-2;+2. The molecule has 0 N–H and O–H groups in total. The van der Waals surface area contributed by atoms with Crippen LogP contribution in [0.5, 0.6) is 11.5 Å². The van der Waals surface area contributed by atoms with Gasteiger partial charge in [0.25, 0.3) is 0 Å². The van der Waals surface area contributed by atoms with Gasteiger partial charge in [-0.25, -0.2) is 0 Å². The van der Waals surface area contributed by atoms with E-state index in [1.165, 1.54) is 0 Å². The predicted octanol–water partition coefficient (Wildman–Crippen LogP) is 7.08. The molecule has 0 aliphatic carbocycles. The molecule has 0 fully saturated rings. The molecule has 0 spiro atoms. The zero-order valence-corrected chi connectivity index (χ0v) is 18.6. The minimum atomic E-state index is 0. The maximum atomic E-state index is 6.20. The molecule has 150 valence electrons. The van der Waals surface area contributed by atoms with Crippen LogP contribution < -0.4 is 9.64 Å². The SMILES string of the molecule is [Pt+2].[c-]1ccccc1N1c2[c-]c(-c3nccc4ccccc34)ccc2Oc2ccccc21. The number of ether oxygens (including phenoxy) is 1. The monoisotopic (exact) mass is 579 g/mol. The van der Waals surface area contributed by atoms with Crippen molar-refractivity contribution in [2.24, 2.45) is 0 Å². The Morgan fingerprint density at radius 1 is 0.774 bits per heavy atom. The second-order valence-electron chi connectivity index (χ2n) is 7.12. The van der Waals surface area contributed by atoms with Crippen LogP contribution in [0.4, 0.5) is 17.1 Å². The first-order valence-corrected chi connectivity index (χ1v) is 9.83. The molecule has 6 rings (SSSR count). The normalized spacial score (nSPS) is 11.8. The van der Waals surface area contributed by atoms with Crippen molar-refractivity contribution in [1.82, 2.24) is 4.98 Å². The van der Waals surface area contributed by atoms with E-state index in [1.54, 1.807) is 0 Å². The summed E-state index contributed by atoms with van der Waals surface area (Å²) >= 11 is 0. The molecular formula is C27H16N2OPt. The van der Waals surface area contributed by atoms with E-state index in [0.29, 0.717) is 0 Å². The molecule has 1 aromatic heterocycles. The first-order chi connectivity index (χ1) is 14.9. The first kappa shape index (κ1) is 19.5. The largest absolute Gasteiger partial charge is 2.00 e. The van der Waals surface area contributed by atoms with Crippen molar-refractivity contribution in [3.05, 3.63) is 109 Å². The van der Waals surface area contributed by atoms with Crippen LogP contribution >= 0.6 is 0 Å². The summed E-state index contributed by atoms with van der Waals surface area (Å²) in [6.07, 6.45) is 1.85. The number of aromatic nitrogens is 1. The smallest absolute Gasteiger partial charge is 0.497 e. The number of nitrogens with zero attached hydrogens (tertiary/aromatic N) is 2. The maximum absolute atomic E-state index is 6.20. The van der Waals surface area contributed by atoms with Crippen LogP contribution in [0.1, 0.15) is 0 Å². The molecule has 1 aliphatic heterocycles. The van der Waals surface area contributed by atoms with Gasteiger partial charge in [0.2, 0.25) is 0 Å². The van der Waals surface area contributed by atoms with E-state index < -0.39 is 0 Å². The number of anilines is 3. The summed E-state index contributed by atoms with van der Waals surface area (Å²) in [7, 11) is 0. The topological polar surface area (TPSA) is 25.4 Å². The van der Waals surface area contributed by atoms with E-state index in [-0.39, 0.29) is 21.1 Å². The van der Waals surface area contributed by atoms with Crippen molar-refractivity contribution in [3.8, 4) is 22.8 Å². The summed E-state index contributed by atoms with van der Waals surface area (Å²) in [6.45, 7) is 0. The summed E-state index contributed by atoms with van der Waals surface area (Å²) < 4.78 is 6.20. The molecule has 31 heavy (non-hydrogen) atoms. The average molecular weight is 580 g/mol. The van der Waals surface area contributed by atoms with E-state index in [9.17, 15) is 0 Å². The molecule has 4 heteroatoms. The molecule has 4 aromatic carbocycles. The Morgan fingerprint density at radius 3 is 2.52 bits per heavy atom. The molecule has 0 saturated heterocycles. The van der Waals surface area contributed by atoms with Gasteiger partial charge in [-0.3, -0.25) is 0 Å². The van der Waals surface area contributed by atoms with Crippen molar-refractivity contribution in [2.75, 3.05) is 4.90 Å². The Morgan fingerprint density at radius 2 is 1.61 bits per heavy atom. The molecule has 1 aliphatic rings. The van der Waals surface area contributed by atoms with Crippen molar-refractivity contribution < 1.29 is 25.8 Å². The number of fused-ring (bicyclic) bond motifs is 3. The van der Waals surface area contributed by atoms with Gasteiger partial charge in [0.05, 0.1) is 11.4 Å². The van der Waals surface area contributed by atoms with Crippen LogP contribution in [-0.4, -0.2) is 4.98 Å². The van der Waals surface area contributed by atoms with Gasteiger partial charge < -0.3 is 14.6 Å². The maximum Gasteiger partial charge on any atom is 2.00 e. The van der Waals surface area contributed by atoms with Crippen LogP contribution in [0.25, 0.3) is 22.0 Å². The molecule has 0 amide bonds. The summed E-state index contributed by atoms with van der Waals surface area (Å²) in [5.74, 6) is 1.57. The summed E-state index contributed by atoms with van der Waals surface area (Å²) in [4.78, 5) is 6.81. The van der Waals surface area contributed by atoms with Crippen LogP contribution in [0.15, 0.2) is 97.2 Å². The Balaban J connectivity index is 0.00000204. The summed E-state index contributed by atoms with van der Waals surface area (Å²) in [5, 5.41) is 2.26. The third-order valence-corrected chi connectivity index (χ3v) is 5.30. The van der Waals surface area contributed by atoms with E-state index in [0.717, 1.165) is 50.6 Å². The fraction of sp³-hybridized carbons (Fsp3) is 0. The second kappa shape index (κ2) is 8.02. The Bertz CT molecular complexity index is 1380. The van der Waals surface area contributed by atoms with Crippen LogP contribution in [0, 0.1) is 12.1 Å². The quantitative estimate of drug-likeness (QED) is 0.205. The molecular weight excluding hydrogens is 563 g/mol. The molecule has 5 aromatic rings.